The minimum absolute atomic E-state index is 0.111. The van der Waals surface area contributed by atoms with Gasteiger partial charge in [-0.15, -0.1) is 0 Å². The van der Waals surface area contributed by atoms with Crippen LogP contribution in [-0.2, 0) is 23.7 Å². The van der Waals surface area contributed by atoms with Crippen molar-refractivity contribution in [2.24, 2.45) is 0 Å². The standard InChI is InChI=1S/C13H26O5/c1-7-14-12(15-8-2)13(16-9-3,17-10-4)18-11(5)6/h9,11-12H,3,7-8,10H2,1-2,4-6H3. The monoisotopic (exact) mass is 262 g/mol. The summed E-state index contributed by atoms with van der Waals surface area (Å²) in [6, 6.07) is 0. The Morgan fingerprint density at radius 3 is 1.94 bits per heavy atom. The minimum atomic E-state index is -1.42. The molecule has 0 aliphatic heterocycles. The summed E-state index contributed by atoms with van der Waals surface area (Å²) >= 11 is 0. The second-order valence-electron chi connectivity index (χ2n) is 3.73. The summed E-state index contributed by atoms with van der Waals surface area (Å²) in [6.07, 6.45) is 0.385. The quantitative estimate of drug-likeness (QED) is 0.423. The third kappa shape index (κ3) is 5.35. The van der Waals surface area contributed by atoms with E-state index in [2.05, 4.69) is 6.58 Å². The maximum absolute atomic E-state index is 5.72. The molecular weight excluding hydrogens is 236 g/mol. The normalized spacial score (nSPS) is 14.8. The van der Waals surface area contributed by atoms with Gasteiger partial charge in [-0.3, -0.25) is 0 Å². The zero-order chi connectivity index (χ0) is 14.0. The third-order valence-electron chi connectivity index (χ3n) is 1.92. The Balaban J connectivity index is 5.09. The van der Waals surface area contributed by atoms with E-state index in [-0.39, 0.29) is 6.10 Å². The largest absolute Gasteiger partial charge is 0.444 e. The van der Waals surface area contributed by atoms with Gasteiger partial charge in [0.1, 0.15) is 0 Å². The average Bonchev–Trinajstić information content (AvgIpc) is 2.28. The van der Waals surface area contributed by atoms with Crippen LogP contribution in [0.3, 0.4) is 0 Å². The van der Waals surface area contributed by atoms with Gasteiger partial charge >= 0.3 is 5.97 Å². The number of hydrogen-bond donors (Lipinski definition) is 0. The van der Waals surface area contributed by atoms with E-state index in [9.17, 15) is 0 Å². The molecule has 0 aromatic rings. The van der Waals surface area contributed by atoms with E-state index < -0.39 is 12.3 Å². The molecule has 0 spiro atoms. The molecule has 0 fully saturated rings. The van der Waals surface area contributed by atoms with Crippen LogP contribution in [0.25, 0.3) is 0 Å². The summed E-state index contributed by atoms with van der Waals surface area (Å²) in [6.45, 7) is 14.2. The van der Waals surface area contributed by atoms with Crippen LogP contribution in [0.4, 0.5) is 0 Å². The van der Waals surface area contributed by atoms with Crippen LogP contribution in [0.1, 0.15) is 34.6 Å². The Morgan fingerprint density at radius 1 is 1.06 bits per heavy atom. The first-order chi connectivity index (χ1) is 8.56. The molecule has 1 atom stereocenters. The average molecular weight is 262 g/mol. The van der Waals surface area contributed by atoms with Gasteiger partial charge in [0.2, 0.25) is 0 Å². The lowest BCUT2D eigenvalue weighted by Gasteiger charge is -2.38. The highest BCUT2D eigenvalue weighted by Gasteiger charge is 2.46. The molecule has 0 aromatic carbocycles. The Hall–Kier alpha value is -0.620. The maximum Gasteiger partial charge on any atom is 0.381 e. The lowest BCUT2D eigenvalue weighted by molar-refractivity contribution is -0.448. The van der Waals surface area contributed by atoms with E-state index in [1.54, 1.807) is 0 Å². The number of ether oxygens (including phenoxy) is 5. The first-order valence-electron chi connectivity index (χ1n) is 6.39. The summed E-state index contributed by atoms with van der Waals surface area (Å²) in [5.41, 5.74) is 0. The highest BCUT2D eigenvalue weighted by atomic mass is 16.9. The molecule has 5 nitrogen and oxygen atoms in total. The van der Waals surface area contributed by atoms with Gasteiger partial charge in [-0.2, -0.15) is 0 Å². The summed E-state index contributed by atoms with van der Waals surface area (Å²) in [7, 11) is 0. The molecule has 0 N–H and O–H groups in total. The topological polar surface area (TPSA) is 46.2 Å². The van der Waals surface area contributed by atoms with E-state index >= 15 is 0 Å². The highest BCUT2D eigenvalue weighted by molar-refractivity contribution is 4.69. The molecule has 0 amide bonds. The molecule has 0 bridgehead atoms. The lowest BCUT2D eigenvalue weighted by atomic mass is 10.4. The van der Waals surface area contributed by atoms with Crippen molar-refractivity contribution in [3.63, 3.8) is 0 Å². The Labute approximate surface area is 110 Å². The summed E-state index contributed by atoms with van der Waals surface area (Å²) in [4.78, 5) is 0. The van der Waals surface area contributed by atoms with Crippen LogP contribution in [0, 0.1) is 0 Å². The van der Waals surface area contributed by atoms with Crippen LogP contribution >= 0.6 is 0 Å². The molecule has 0 rings (SSSR count). The van der Waals surface area contributed by atoms with Crippen molar-refractivity contribution in [1.29, 1.82) is 0 Å². The fraction of sp³-hybridized carbons (Fsp3) is 0.846. The van der Waals surface area contributed by atoms with Gasteiger partial charge in [0.05, 0.1) is 19.0 Å². The predicted molar refractivity (Wildman–Crippen MR) is 68.9 cm³/mol. The van der Waals surface area contributed by atoms with Crippen molar-refractivity contribution in [2.45, 2.75) is 53.0 Å². The van der Waals surface area contributed by atoms with Gasteiger partial charge in [0, 0.05) is 13.2 Å². The van der Waals surface area contributed by atoms with E-state index in [0.717, 1.165) is 0 Å². The van der Waals surface area contributed by atoms with Crippen LogP contribution in [0.2, 0.25) is 0 Å². The molecule has 18 heavy (non-hydrogen) atoms. The molecule has 0 heterocycles. The van der Waals surface area contributed by atoms with E-state index in [4.69, 9.17) is 23.7 Å². The van der Waals surface area contributed by atoms with Crippen LogP contribution in [-0.4, -0.2) is 38.2 Å². The summed E-state index contributed by atoms with van der Waals surface area (Å²) < 4.78 is 27.7. The maximum atomic E-state index is 5.72. The summed E-state index contributed by atoms with van der Waals surface area (Å²) in [5, 5.41) is 0. The van der Waals surface area contributed by atoms with Gasteiger partial charge in [0.25, 0.3) is 6.29 Å². The Kier molecular flexibility index (Phi) is 9.01. The first-order valence-corrected chi connectivity index (χ1v) is 6.39. The van der Waals surface area contributed by atoms with Gasteiger partial charge in [-0.05, 0) is 34.6 Å². The second kappa shape index (κ2) is 9.33. The zero-order valence-corrected chi connectivity index (χ0v) is 12.1. The van der Waals surface area contributed by atoms with Crippen LogP contribution in [0.5, 0.6) is 0 Å². The Morgan fingerprint density at radius 2 is 1.61 bits per heavy atom. The first kappa shape index (κ1) is 17.4. The van der Waals surface area contributed by atoms with Crippen molar-refractivity contribution in [3.8, 4) is 0 Å². The number of hydrogen-bond acceptors (Lipinski definition) is 5. The van der Waals surface area contributed by atoms with Gasteiger partial charge in [-0.25, -0.2) is 0 Å². The van der Waals surface area contributed by atoms with E-state index in [1.165, 1.54) is 6.26 Å². The highest BCUT2D eigenvalue weighted by Crippen LogP contribution is 2.26. The molecule has 5 heteroatoms. The molecule has 0 saturated heterocycles. The summed E-state index contributed by atoms with van der Waals surface area (Å²) in [5.74, 6) is -1.42. The minimum Gasteiger partial charge on any atom is -0.444 e. The molecule has 108 valence electrons. The molecule has 0 aliphatic rings. The van der Waals surface area contributed by atoms with Crippen molar-refractivity contribution < 1.29 is 23.7 Å². The predicted octanol–water partition coefficient (Wildman–Crippen LogP) is 2.66. The Bertz CT molecular complexity index is 213. The van der Waals surface area contributed by atoms with Crippen LogP contribution < -0.4 is 0 Å². The second-order valence-corrected chi connectivity index (χ2v) is 3.73. The zero-order valence-electron chi connectivity index (χ0n) is 12.1. The van der Waals surface area contributed by atoms with Crippen molar-refractivity contribution in [2.75, 3.05) is 19.8 Å². The van der Waals surface area contributed by atoms with E-state index in [1.807, 2.05) is 34.6 Å². The van der Waals surface area contributed by atoms with Gasteiger partial charge in [0.15, 0.2) is 0 Å². The van der Waals surface area contributed by atoms with Crippen molar-refractivity contribution in [1.82, 2.24) is 0 Å². The fourth-order valence-corrected chi connectivity index (χ4v) is 1.48. The van der Waals surface area contributed by atoms with Gasteiger partial charge < -0.3 is 23.7 Å². The van der Waals surface area contributed by atoms with Gasteiger partial charge in [-0.1, -0.05) is 6.58 Å². The number of rotatable bonds is 11. The van der Waals surface area contributed by atoms with Crippen molar-refractivity contribution in [3.05, 3.63) is 12.8 Å². The fourth-order valence-electron chi connectivity index (χ4n) is 1.48. The van der Waals surface area contributed by atoms with Crippen molar-refractivity contribution >= 4 is 0 Å². The molecule has 1 unspecified atom stereocenters. The smallest absolute Gasteiger partial charge is 0.381 e. The third-order valence-corrected chi connectivity index (χ3v) is 1.92. The van der Waals surface area contributed by atoms with Crippen LogP contribution in [0.15, 0.2) is 12.8 Å². The molecule has 0 saturated carbocycles. The lowest BCUT2D eigenvalue weighted by Crippen LogP contribution is -2.53. The molecular formula is C13H26O5. The van der Waals surface area contributed by atoms with E-state index in [0.29, 0.717) is 19.8 Å². The molecule has 0 aliphatic carbocycles. The SMILES string of the molecule is C=COC(OCC)(OC(C)C)C(OCC)OCC. The molecule has 0 aromatic heterocycles. The molecule has 0 radical (unpaired) electrons.